The molecule has 10 rings (SSSR count). The van der Waals surface area contributed by atoms with Crippen LogP contribution in [0.1, 0.15) is 178 Å². The molecule has 4 aromatic heterocycles. The standard InChI is InChI=1S/C75H83F12N7O13S2/c1-3-14-58-70(106-49-41-60(108-44-49)74(82,83)84,24-12-32-93(58)47-102-43-55-51(72(76,77)78)17-9-30-89-55)66(99)92-36-28-69(101,29-37-92)54-40-48(22-23-57(54)104-39-11-20-62(95)96)105-63(97)21-7-8-38-103-56-19-6-5-16-52(56)68(46-88)26-34-91(35-27-68)67(100)71(107-50-42-61(109-45-50)75(85,86)87)25-13-33-94(59(71)15-4-2)65(98)64-53(73(79,80)81)18-10-31-90-64/h5-6,9-10,16-19,30-31,40-42,44-45,58-59,101H,3-4,7-8,11-15,20-29,32-39,43,47H2,1-2H3,(H,95,96). The second kappa shape index (κ2) is 34.8. The molecule has 4 fully saturated rings. The van der Waals surface area contributed by atoms with Gasteiger partial charge >= 0.3 is 36.6 Å². The van der Waals surface area contributed by atoms with Crippen molar-refractivity contribution < 1.29 is 115 Å². The Kier molecular flexibility index (Phi) is 26.5. The van der Waals surface area contributed by atoms with E-state index in [9.17, 15) is 82.5 Å². The molecule has 1 aromatic carbocycles. The van der Waals surface area contributed by atoms with Crippen LogP contribution < -0.4 is 14.2 Å². The number of piperidine rings is 4. The average molecular weight is 1580 g/mol. The molecular formula is C75H83F12N7O13S2. The van der Waals surface area contributed by atoms with Gasteiger partial charge in [-0.25, -0.2) is 0 Å². The molecule has 3 amide bonds. The van der Waals surface area contributed by atoms with E-state index in [1.54, 1.807) is 36.1 Å². The Labute approximate surface area is 628 Å². The van der Waals surface area contributed by atoms with Gasteiger partial charge in [0.15, 0.2) is 0 Å². The van der Waals surface area contributed by atoms with Crippen LogP contribution in [0, 0.1) is 11.3 Å². The number of para-hydroxylation sites is 1. The van der Waals surface area contributed by atoms with E-state index in [2.05, 4.69) is 16.0 Å². The second-order valence-corrected chi connectivity index (χ2v) is 29.5. The monoisotopic (exact) mass is 1580 g/mol. The van der Waals surface area contributed by atoms with Gasteiger partial charge < -0.3 is 53.3 Å². The number of nitriles is 1. The first-order chi connectivity index (χ1) is 51.7. The number of aliphatic hydroxyl groups is 1. The maximum atomic E-state index is 15.4. The molecule has 4 aliphatic heterocycles. The molecule has 4 saturated heterocycles. The molecule has 0 bridgehead atoms. The van der Waals surface area contributed by atoms with Gasteiger partial charge in [0, 0.05) is 118 Å². The maximum Gasteiger partial charge on any atom is 0.425 e. The number of likely N-dealkylation sites (tertiary alicyclic amines) is 4. The number of allylic oxidation sites excluding steroid dienone is 2. The molecule has 34 heteroatoms. The van der Waals surface area contributed by atoms with Gasteiger partial charge in [-0.2, -0.15) is 57.9 Å². The highest BCUT2D eigenvalue weighted by molar-refractivity contribution is 7.10. The summed E-state index contributed by atoms with van der Waals surface area (Å²) in [6.07, 6.45) is -14.2. The van der Waals surface area contributed by atoms with E-state index < -0.39 is 122 Å². The normalized spacial score (nSPS) is 21.4. The number of nitrogens with zero attached hydrogens (tertiary/aromatic N) is 7. The van der Waals surface area contributed by atoms with Gasteiger partial charge in [0.2, 0.25) is 11.2 Å². The molecule has 8 heterocycles. The van der Waals surface area contributed by atoms with Crippen molar-refractivity contribution in [3.63, 3.8) is 0 Å². The van der Waals surface area contributed by atoms with Crippen LogP contribution in [-0.4, -0.2) is 158 Å². The fraction of sp³-hybridized carbons (Fsp3) is 0.547. The number of thiophene rings is 2. The number of hydrogen-bond acceptors (Lipinski definition) is 18. The minimum absolute atomic E-state index is 0.00356. The molecule has 2 N–H and O–H groups in total. The Hall–Kier alpha value is -8.52. The van der Waals surface area contributed by atoms with Crippen LogP contribution >= 0.6 is 22.7 Å². The number of hydrogen-bond donors (Lipinski definition) is 2. The second-order valence-electron chi connectivity index (χ2n) is 27.6. The van der Waals surface area contributed by atoms with Gasteiger partial charge in [-0.1, -0.05) is 44.9 Å². The molecule has 1 aliphatic carbocycles. The number of carboxylic acid groups (broad SMARTS) is 1. The lowest BCUT2D eigenvalue weighted by molar-refractivity contribution is -0.169. The topological polar surface area (TPSA) is 244 Å². The van der Waals surface area contributed by atoms with E-state index in [1.165, 1.54) is 22.1 Å². The molecule has 20 nitrogen and oxygen atoms in total. The number of aliphatic carboxylic acids is 1. The van der Waals surface area contributed by atoms with Crippen molar-refractivity contribution in [2.45, 2.75) is 201 Å². The van der Waals surface area contributed by atoms with Crippen molar-refractivity contribution in [3.8, 4) is 23.3 Å². The molecule has 0 saturated carbocycles. The predicted molar refractivity (Wildman–Crippen MR) is 370 cm³/mol. The van der Waals surface area contributed by atoms with Crippen LogP contribution in [0.15, 0.2) is 107 Å². The third-order valence-corrected chi connectivity index (χ3v) is 22.4. The first-order valence-corrected chi connectivity index (χ1v) is 37.7. The number of alkyl halides is 12. The third kappa shape index (κ3) is 19.3. The number of ether oxygens (including phenoxy) is 6. The SMILES string of the molecule is CCCC1N(COCc2ncccc2C(F)(F)F)CCCC1(Oc1csc(C(F)(F)F)c1)C(=O)N1CCC(O)(C2=C(OCCCC(=O)O)CCC(OC(=O)CCCCOc3ccccc3C3(C#N)CCN(C(=O)C4(Oc5csc(C(F)(F)F)c5)CCCN(C(=O)c5ncccc5C(F)(F)F)C4CCC)CC3)=C2)CC1. The van der Waals surface area contributed by atoms with E-state index >= 15 is 9.59 Å². The minimum Gasteiger partial charge on any atom is -0.498 e. The predicted octanol–water partition coefficient (Wildman–Crippen LogP) is 15.5. The Morgan fingerprint density at radius 1 is 0.642 bits per heavy atom. The summed E-state index contributed by atoms with van der Waals surface area (Å²) < 4.78 is 206. The maximum absolute atomic E-state index is 15.4. The van der Waals surface area contributed by atoms with Gasteiger partial charge in [-0.05, 0) is 113 Å². The van der Waals surface area contributed by atoms with E-state index in [1.807, 2.05) is 6.92 Å². The van der Waals surface area contributed by atoms with Gasteiger partial charge in [0.1, 0.15) is 44.2 Å². The Balaban J connectivity index is 0.794. The number of rotatable bonds is 29. The highest BCUT2D eigenvalue weighted by Gasteiger charge is 2.59. The van der Waals surface area contributed by atoms with Crippen molar-refractivity contribution in [1.29, 1.82) is 5.26 Å². The molecule has 4 unspecified atom stereocenters. The van der Waals surface area contributed by atoms with E-state index in [4.69, 9.17) is 28.4 Å². The van der Waals surface area contributed by atoms with Crippen LogP contribution in [0.4, 0.5) is 52.7 Å². The summed E-state index contributed by atoms with van der Waals surface area (Å²) in [5.74, 6) is -3.97. The Morgan fingerprint density at radius 3 is 1.80 bits per heavy atom. The van der Waals surface area contributed by atoms with Crippen molar-refractivity contribution in [2.75, 3.05) is 59.2 Å². The Morgan fingerprint density at radius 2 is 1.21 bits per heavy atom. The minimum atomic E-state index is -5.00. The molecule has 4 atom stereocenters. The van der Waals surface area contributed by atoms with Crippen LogP contribution in [0.5, 0.6) is 17.2 Å². The summed E-state index contributed by atoms with van der Waals surface area (Å²) in [5, 5.41) is 35.3. The number of pyridine rings is 2. The lowest BCUT2D eigenvalue weighted by atomic mass is 9.72. The molecule has 109 heavy (non-hydrogen) atoms. The lowest BCUT2D eigenvalue weighted by Gasteiger charge is -2.51. The number of esters is 1. The molecule has 5 aromatic rings. The van der Waals surface area contributed by atoms with Crippen molar-refractivity contribution >= 4 is 52.3 Å². The van der Waals surface area contributed by atoms with E-state index in [-0.39, 0.29) is 197 Å². The van der Waals surface area contributed by atoms with Crippen molar-refractivity contribution in [2.24, 2.45) is 0 Å². The zero-order chi connectivity index (χ0) is 78.7. The van der Waals surface area contributed by atoms with E-state index in [0.29, 0.717) is 58.7 Å². The fourth-order valence-corrected chi connectivity index (χ4v) is 16.5. The molecule has 592 valence electrons. The summed E-state index contributed by atoms with van der Waals surface area (Å²) in [7, 11) is 0. The molecule has 0 radical (unpaired) electrons. The number of carboxylic acids is 1. The highest BCUT2D eigenvalue weighted by Crippen LogP contribution is 2.48. The number of amides is 3. The van der Waals surface area contributed by atoms with Crippen molar-refractivity contribution in [3.05, 3.63) is 145 Å². The van der Waals surface area contributed by atoms with Crippen LogP contribution in [0.3, 0.4) is 0 Å². The van der Waals surface area contributed by atoms with Crippen molar-refractivity contribution in [1.82, 2.24) is 29.6 Å². The van der Waals surface area contributed by atoms with Gasteiger partial charge in [0.05, 0.1) is 72.5 Å². The van der Waals surface area contributed by atoms with Gasteiger partial charge in [-0.3, -0.25) is 38.8 Å². The third-order valence-electron chi connectivity index (χ3n) is 20.5. The molecular weight excluding hydrogens is 1500 g/mol. The zero-order valence-electron chi connectivity index (χ0n) is 59.7. The summed E-state index contributed by atoms with van der Waals surface area (Å²) in [6, 6.07) is 12.3. The average Bonchev–Trinajstić information content (AvgIpc) is 1.48. The number of unbranched alkanes of at least 4 members (excludes halogenated alkanes) is 1. The highest BCUT2D eigenvalue weighted by atomic mass is 32.1. The fourth-order valence-electron chi connectivity index (χ4n) is 15.2. The van der Waals surface area contributed by atoms with Crippen LogP contribution in [0.25, 0.3) is 0 Å². The number of carbonyl (C=O) groups excluding carboxylic acids is 4. The zero-order valence-corrected chi connectivity index (χ0v) is 61.3. The molecule has 5 aliphatic rings. The largest absolute Gasteiger partial charge is 0.498 e. The number of aromatic nitrogens is 2. The quantitative estimate of drug-likeness (QED) is 0.0257. The smallest absolute Gasteiger partial charge is 0.425 e. The Bertz CT molecular complexity index is 4140. The number of carbonyl (C=O) groups is 5. The first kappa shape index (κ1) is 83.0. The van der Waals surface area contributed by atoms with E-state index in [0.717, 1.165) is 52.2 Å². The summed E-state index contributed by atoms with van der Waals surface area (Å²) in [6.45, 7) is 2.35. The van der Waals surface area contributed by atoms with Gasteiger partial charge in [-0.15, -0.1) is 22.7 Å². The van der Waals surface area contributed by atoms with Gasteiger partial charge in [0.25, 0.3) is 17.7 Å². The summed E-state index contributed by atoms with van der Waals surface area (Å²) in [4.78, 5) is 81.6. The molecule has 0 spiro atoms. The number of halogens is 12. The van der Waals surface area contributed by atoms with Crippen LogP contribution in [-0.2, 0) is 70.1 Å². The number of benzene rings is 1. The van der Waals surface area contributed by atoms with Crippen LogP contribution in [0.2, 0.25) is 0 Å². The summed E-state index contributed by atoms with van der Waals surface area (Å²) in [5.41, 5.74) is -9.91. The summed E-state index contributed by atoms with van der Waals surface area (Å²) >= 11 is 0.692. The lowest BCUT2D eigenvalue weighted by Crippen LogP contribution is -2.68. The first-order valence-electron chi connectivity index (χ1n) is 36.0.